The van der Waals surface area contributed by atoms with Crippen molar-refractivity contribution in [3.8, 4) is 0 Å². The Labute approximate surface area is 144 Å². The number of amides is 2. The van der Waals surface area contributed by atoms with Gasteiger partial charge in [-0.1, -0.05) is 17.7 Å². The van der Waals surface area contributed by atoms with E-state index in [1.807, 2.05) is 29.0 Å². The fourth-order valence-corrected chi connectivity index (χ4v) is 2.72. The van der Waals surface area contributed by atoms with Crippen LogP contribution >= 0.6 is 11.6 Å². The summed E-state index contributed by atoms with van der Waals surface area (Å²) in [6, 6.07) is 14.5. The van der Waals surface area contributed by atoms with Gasteiger partial charge in [0.05, 0.1) is 0 Å². The van der Waals surface area contributed by atoms with Gasteiger partial charge in [-0.15, -0.1) is 0 Å². The summed E-state index contributed by atoms with van der Waals surface area (Å²) in [7, 11) is 0. The molecule has 24 heavy (non-hydrogen) atoms. The van der Waals surface area contributed by atoms with Crippen LogP contribution in [0.1, 0.15) is 6.92 Å². The van der Waals surface area contributed by atoms with Gasteiger partial charge in [0.1, 0.15) is 6.54 Å². The van der Waals surface area contributed by atoms with E-state index in [0.29, 0.717) is 16.4 Å². The van der Waals surface area contributed by atoms with Crippen LogP contribution in [0.4, 0.5) is 11.4 Å². The lowest BCUT2D eigenvalue weighted by atomic mass is 10.2. The molecule has 0 aliphatic rings. The Morgan fingerprint density at radius 2 is 1.79 bits per heavy atom. The van der Waals surface area contributed by atoms with Crippen LogP contribution in [-0.2, 0) is 16.1 Å². The van der Waals surface area contributed by atoms with Crippen LogP contribution in [0.5, 0.6) is 0 Å². The molecular formula is C18H16ClN3O2. The predicted molar refractivity (Wildman–Crippen MR) is 96.3 cm³/mol. The van der Waals surface area contributed by atoms with Crippen LogP contribution < -0.4 is 10.6 Å². The minimum atomic E-state index is -0.157. The van der Waals surface area contributed by atoms with Crippen molar-refractivity contribution in [2.75, 3.05) is 10.6 Å². The second kappa shape index (κ2) is 6.76. The molecule has 1 heterocycles. The third-order valence-corrected chi connectivity index (χ3v) is 3.75. The maximum absolute atomic E-state index is 12.3. The Morgan fingerprint density at radius 3 is 2.54 bits per heavy atom. The Hall–Kier alpha value is -2.79. The Morgan fingerprint density at radius 1 is 1.04 bits per heavy atom. The van der Waals surface area contributed by atoms with E-state index in [4.69, 9.17) is 11.6 Å². The van der Waals surface area contributed by atoms with Gasteiger partial charge in [-0.05, 0) is 42.5 Å². The number of benzene rings is 2. The van der Waals surface area contributed by atoms with Crippen molar-refractivity contribution in [3.63, 3.8) is 0 Å². The quantitative estimate of drug-likeness (QED) is 0.756. The molecule has 0 unspecified atom stereocenters. The van der Waals surface area contributed by atoms with Gasteiger partial charge in [0.15, 0.2) is 0 Å². The molecule has 0 spiro atoms. The van der Waals surface area contributed by atoms with E-state index in [1.165, 1.54) is 6.92 Å². The maximum Gasteiger partial charge on any atom is 0.244 e. The summed E-state index contributed by atoms with van der Waals surface area (Å²) < 4.78 is 1.86. The summed E-state index contributed by atoms with van der Waals surface area (Å²) in [4.78, 5) is 23.4. The summed E-state index contributed by atoms with van der Waals surface area (Å²) in [6.07, 6.45) is 1.86. The number of anilines is 2. The first kappa shape index (κ1) is 16.1. The van der Waals surface area contributed by atoms with Gasteiger partial charge in [0.2, 0.25) is 11.8 Å². The molecule has 5 nitrogen and oxygen atoms in total. The van der Waals surface area contributed by atoms with Crippen molar-refractivity contribution in [2.45, 2.75) is 13.5 Å². The maximum atomic E-state index is 12.3. The molecule has 0 saturated heterocycles. The first-order valence-electron chi connectivity index (χ1n) is 7.43. The van der Waals surface area contributed by atoms with Crippen molar-refractivity contribution in [1.29, 1.82) is 0 Å². The molecule has 122 valence electrons. The predicted octanol–water partition coefficient (Wildman–Crippen LogP) is 3.89. The third-order valence-electron chi connectivity index (χ3n) is 3.51. The summed E-state index contributed by atoms with van der Waals surface area (Å²) in [5.41, 5.74) is 2.22. The van der Waals surface area contributed by atoms with Crippen molar-refractivity contribution in [1.82, 2.24) is 4.57 Å². The van der Waals surface area contributed by atoms with E-state index >= 15 is 0 Å². The van der Waals surface area contributed by atoms with Crippen molar-refractivity contribution >= 4 is 45.7 Å². The van der Waals surface area contributed by atoms with Gasteiger partial charge in [-0.3, -0.25) is 9.59 Å². The second-order valence-electron chi connectivity index (χ2n) is 5.46. The lowest BCUT2D eigenvalue weighted by molar-refractivity contribution is -0.116. The Balaban J connectivity index is 1.72. The molecule has 0 radical (unpaired) electrons. The topological polar surface area (TPSA) is 63.1 Å². The fourth-order valence-electron chi connectivity index (χ4n) is 2.54. The van der Waals surface area contributed by atoms with Gasteiger partial charge < -0.3 is 15.2 Å². The Bertz CT molecular complexity index is 918. The van der Waals surface area contributed by atoms with E-state index < -0.39 is 0 Å². The number of aromatic nitrogens is 1. The Kier molecular flexibility index (Phi) is 4.53. The molecule has 2 aromatic carbocycles. The number of rotatable bonds is 4. The van der Waals surface area contributed by atoms with Crippen LogP contribution in [0.2, 0.25) is 5.02 Å². The first-order valence-corrected chi connectivity index (χ1v) is 7.81. The highest BCUT2D eigenvalue weighted by molar-refractivity contribution is 6.31. The summed E-state index contributed by atoms with van der Waals surface area (Å²) in [6.45, 7) is 1.63. The zero-order valence-corrected chi connectivity index (χ0v) is 13.8. The lowest BCUT2D eigenvalue weighted by Gasteiger charge is -2.09. The number of nitrogens with one attached hydrogen (secondary N) is 2. The zero-order valence-electron chi connectivity index (χ0n) is 13.0. The normalized spacial score (nSPS) is 10.6. The average molecular weight is 342 g/mol. The van der Waals surface area contributed by atoms with E-state index in [0.717, 1.165) is 10.9 Å². The van der Waals surface area contributed by atoms with Crippen LogP contribution in [0.15, 0.2) is 54.7 Å². The number of carbonyl (C=O) groups is 2. The minimum Gasteiger partial charge on any atom is -0.338 e. The summed E-state index contributed by atoms with van der Waals surface area (Å²) in [5, 5.41) is 7.17. The largest absolute Gasteiger partial charge is 0.338 e. The van der Waals surface area contributed by atoms with Crippen LogP contribution in [0, 0.1) is 0 Å². The lowest BCUT2D eigenvalue weighted by Crippen LogP contribution is -2.18. The molecule has 2 N–H and O–H groups in total. The monoisotopic (exact) mass is 341 g/mol. The van der Waals surface area contributed by atoms with Crippen molar-refractivity contribution < 1.29 is 9.59 Å². The summed E-state index contributed by atoms with van der Waals surface area (Å²) >= 11 is 5.97. The number of nitrogens with zero attached hydrogens (tertiary/aromatic N) is 1. The SMILES string of the molecule is CC(=O)Nc1cccc(NC(=O)Cn2ccc3cc(Cl)ccc32)c1. The molecule has 0 saturated carbocycles. The highest BCUT2D eigenvalue weighted by atomic mass is 35.5. The first-order chi connectivity index (χ1) is 11.5. The smallest absolute Gasteiger partial charge is 0.244 e. The highest BCUT2D eigenvalue weighted by Gasteiger charge is 2.08. The molecular weight excluding hydrogens is 326 g/mol. The number of hydrogen-bond donors (Lipinski definition) is 2. The van der Waals surface area contributed by atoms with Gasteiger partial charge in [-0.25, -0.2) is 0 Å². The van der Waals surface area contributed by atoms with E-state index in [2.05, 4.69) is 10.6 Å². The number of fused-ring (bicyclic) bond motifs is 1. The third kappa shape index (κ3) is 3.75. The highest BCUT2D eigenvalue weighted by Crippen LogP contribution is 2.21. The van der Waals surface area contributed by atoms with Gasteiger partial charge in [-0.2, -0.15) is 0 Å². The number of hydrogen-bond acceptors (Lipinski definition) is 2. The second-order valence-corrected chi connectivity index (χ2v) is 5.89. The van der Waals surface area contributed by atoms with Crippen LogP contribution in [-0.4, -0.2) is 16.4 Å². The minimum absolute atomic E-state index is 0.151. The molecule has 0 bridgehead atoms. The van der Waals surface area contributed by atoms with E-state index in [-0.39, 0.29) is 18.4 Å². The molecule has 2 amide bonds. The van der Waals surface area contributed by atoms with E-state index in [9.17, 15) is 9.59 Å². The number of halogens is 1. The zero-order chi connectivity index (χ0) is 17.1. The van der Waals surface area contributed by atoms with Crippen LogP contribution in [0.3, 0.4) is 0 Å². The van der Waals surface area contributed by atoms with Gasteiger partial charge >= 0.3 is 0 Å². The standard InChI is InChI=1S/C18H16ClN3O2/c1-12(23)20-15-3-2-4-16(10-15)21-18(24)11-22-8-7-13-9-14(19)5-6-17(13)22/h2-10H,11H2,1H3,(H,20,23)(H,21,24). The van der Waals surface area contributed by atoms with Gasteiger partial charge in [0.25, 0.3) is 0 Å². The fraction of sp³-hybridized carbons (Fsp3) is 0.111. The average Bonchev–Trinajstić information content (AvgIpc) is 2.88. The van der Waals surface area contributed by atoms with Crippen LogP contribution in [0.25, 0.3) is 10.9 Å². The molecule has 0 fully saturated rings. The van der Waals surface area contributed by atoms with Gasteiger partial charge in [0, 0.05) is 40.4 Å². The molecule has 0 aliphatic carbocycles. The molecule has 0 aliphatic heterocycles. The summed E-state index contributed by atoms with van der Waals surface area (Å²) in [5.74, 6) is -0.307. The molecule has 0 atom stereocenters. The number of carbonyl (C=O) groups excluding carboxylic acids is 2. The van der Waals surface area contributed by atoms with Crippen molar-refractivity contribution in [2.24, 2.45) is 0 Å². The molecule has 3 rings (SSSR count). The molecule has 6 heteroatoms. The van der Waals surface area contributed by atoms with Crippen molar-refractivity contribution in [3.05, 3.63) is 59.8 Å². The molecule has 3 aromatic rings. The molecule has 1 aromatic heterocycles. The van der Waals surface area contributed by atoms with E-state index in [1.54, 1.807) is 30.3 Å².